The van der Waals surface area contributed by atoms with E-state index in [9.17, 15) is 0 Å². The second kappa shape index (κ2) is 8.06. The predicted octanol–water partition coefficient (Wildman–Crippen LogP) is 4.76. The van der Waals surface area contributed by atoms with Crippen molar-refractivity contribution in [3.63, 3.8) is 0 Å². The van der Waals surface area contributed by atoms with E-state index in [0.717, 1.165) is 12.8 Å². The van der Waals surface area contributed by atoms with Crippen molar-refractivity contribution in [3.05, 3.63) is 28.0 Å². The van der Waals surface area contributed by atoms with E-state index in [1.807, 2.05) is 25.2 Å². The maximum absolute atomic E-state index is 2.21. The quantitative estimate of drug-likeness (QED) is 0.654. The third-order valence-corrected chi connectivity index (χ3v) is 2.74. The molecule has 0 atom stereocenters. The molecule has 1 heteroatoms. The lowest BCUT2D eigenvalue weighted by Gasteiger charge is -1.83. The molecule has 0 saturated carbocycles. The first-order valence-corrected chi connectivity index (χ1v) is 5.93. The highest BCUT2D eigenvalue weighted by Gasteiger charge is 1.92. The van der Waals surface area contributed by atoms with Crippen LogP contribution in [0.3, 0.4) is 0 Å². The topological polar surface area (TPSA) is 0 Å². The second-order valence-corrected chi connectivity index (χ2v) is 3.67. The molecule has 1 aromatic rings. The Hall–Kier alpha value is -0.560. The highest BCUT2D eigenvalue weighted by atomic mass is 32.1. The zero-order valence-corrected chi connectivity index (χ0v) is 9.95. The van der Waals surface area contributed by atoms with Crippen molar-refractivity contribution in [3.8, 4) is 0 Å². The molecular weight excluding hydrogens is 176 g/mol. The molecule has 0 aliphatic rings. The fourth-order valence-electron chi connectivity index (χ4n) is 0.908. The molecule has 0 N–H and O–H groups in total. The van der Waals surface area contributed by atoms with Gasteiger partial charge in [0.25, 0.3) is 0 Å². The van der Waals surface area contributed by atoms with Gasteiger partial charge in [0, 0.05) is 9.75 Å². The maximum Gasteiger partial charge on any atom is 0.0270 e. The van der Waals surface area contributed by atoms with Gasteiger partial charge in [0.1, 0.15) is 0 Å². The third kappa shape index (κ3) is 4.89. The minimum atomic E-state index is 1.12. The van der Waals surface area contributed by atoms with Crippen molar-refractivity contribution in [2.75, 3.05) is 0 Å². The molecule has 0 aliphatic carbocycles. The van der Waals surface area contributed by atoms with E-state index in [1.54, 1.807) is 0 Å². The fraction of sp³-hybridized carbons (Fsp3) is 0.500. The van der Waals surface area contributed by atoms with Crippen LogP contribution in [-0.4, -0.2) is 0 Å². The molecule has 74 valence electrons. The van der Waals surface area contributed by atoms with E-state index in [4.69, 9.17) is 0 Å². The summed E-state index contributed by atoms with van der Waals surface area (Å²) in [4.78, 5) is 2.85. The molecule has 0 nitrogen and oxygen atoms in total. The Morgan fingerprint density at radius 3 is 2.38 bits per heavy atom. The lowest BCUT2D eigenvalue weighted by atomic mass is 10.3. The normalized spacial score (nSPS) is 9.85. The number of thiophene rings is 1. The Kier molecular flexibility index (Phi) is 7.71. The van der Waals surface area contributed by atoms with Crippen molar-refractivity contribution in [2.45, 2.75) is 40.5 Å². The van der Waals surface area contributed by atoms with Crippen LogP contribution in [-0.2, 0) is 6.42 Å². The number of allylic oxidation sites excluding steroid dienone is 1. The first-order chi connectivity index (χ1) is 6.36. The molecule has 0 radical (unpaired) electrons. The molecule has 0 amide bonds. The molecule has 0 aliphatic heterocycles. The van der Waals surface area contributed by atoms with Gasteiger partial charge in [0.05, 0.1) is 0 Å². The van der Waals surface area contributed by atoms with Crippen LogP contribution < -0.4 is 0 Å². The summed E-state index contributed by atoms with van der Waals surface area (Å²) in [6.07, 6.45) is 6.68. The van der Waals surface area contributed by atoms with Crippen LogP contribution in [0.1, 0.15) is 43.9 Å². The first-order valence-electron chi connectivity index (χ1n) is 5.12. The van der Waals surface area contributed by atoms with E-state index < -0.39 is 0 Å². The van der Waals surface area contributed by atoms with Crippen LogP contribution in [0, 0.1) is 0 Å². The fourth-order valence-corrected chi connectivity index (χ4v) is 1.79. The molecule has 0 bridgehead atoms. The van der Waals surface area contributed by atoms with Gasteiger partial charge in [-0.05, 0) is 31.1 Å². The summed E-state index contributed by atoms with van der Waals surface area (Å²) in [6.45, 7) is 8.35. The number of aryl methyl sites for hydroxylation is 1. The maximum atomic E-state index is 2.21. The number of hydrogen-bond donors (Lipinski definition) is 0. The molecule has 13 heavy (non-hydrogen) atoms. The summed E-state index contributed by atoms with van der Waals surface area (Å²) in [7, 11) is 0. The van der Waals surface area contributed by atoms with Crippen molar-refractivity contribution in [2.24, 2.45) is 0 Å². The summed E-state index contributed by atoms with van der Waals surface area (Å²) < 4.78 is 0. The monoisotopic (exact) mass is 196 g/mol. The number of rotatable bonds is 3. The van der Waals surface area contributed by atoms with Crippen LogP contribution in [0.2, 0.25) is 0 Å². The van der Waals surface area contributed by atoms with Crippen molar-refractivity contribution in [1.82, 2.24) is 0 Å². The predicted molar refractivity (Wildman–Crippen MR) is 64.4 cm³/mol. The van der Waals surface area contributed by atoms with Crippen LogP contribution in [0.15, 0.2) is 18.2 Å². The van der Waals surface area contributed by atoms with Gasteiger partial charge in [0.15, 0.2) is 0 Å². The SMILES string of the molecule is CC.CC/C=C/c1ccc(CC)s1. The van der Waals surface area contributed by atoms with Gasteiger partial charge in [-0.2, -0.15) is 0 Å². The number of hydrogen-bond acceptors (Lipinski definition) is 1. The van der Waals surface area contributed by atoms with Crippen LogP contribution in [0.5, 0.6) is 0 Å². The first kappa shape index (κ1) is 12.4. The molecule has 0 fully saturated rings. The molecule has 1 heterocycles. The van der Waals surface area contributed by atoms with E-state index in [2.05, 4.69) is 38.1 Å². The Labute approximate surface area is 86.3 Å². The summed E-state index contributed by atoms with van der Waals surface area (Å²) in [5, 5.41) is 0. The van der Waals surface area contributed by atoms with Crippen LogP contribution in [0.25, 0.3) is 6.08 Å². The lowest BCUT2D eigenvalue weighted by molar-refractivity contribution is 1.19. The third-order valence-electron chi connectivity index (χ3n) is 1.55. The van der Waals surface area contributed by atoms with Gasteiger partial charge < -0.3 is 0 Å². The molecule has 0 spiro atoms. The molecular formula is C12H20S. The zero-order chi connectivity index (χ0) is 10.1. The molecule has 1 aromatic heterocycles. The van der Waals surface area contributed by atoms with Crippen LogP contribution >= 0.6 is 11.3 Å². The highest BCUT2D eigenvalue weighted by molar-refractivity contribution is 7.12. The summed E-state index contributed by atoms with van der Waals surface area (Å²) >= 11 is 1.89. The van der Waals surface area contributed by atoms with Gasteiger partial charge in [-0.15, -0.1) is 11.3 Å². The largest absolute Gasteiger partial charge is 0.141 e. The van der Waals surface area contributed by atoms with Gasteiger partial charge in [-0.1, -0.05) is 33.8 Å². The van der Waals surface area contributed by atoms with Gasteiger partial charge >= 0.3 is 0 Å². The highest BCUT2D eigenvalue weighted by Crippen LogP contribution is 2.18. The summed E-state index contributed by atoms with van der Waals surface area (Å²) in [5.74, 6) is 0. The standard InChI is InChI=1S/C10H14S.C2H6/c1-3-5-6-10-8-7-9(4-2)11-10;1-2/h5-8H,3-4H2,1-2H3;1-2H3/b6-5+;. The smallest absolute Gasteiger partial charge is 0.0270 e. The Balaban J connectivity index is 0.000000671. The summed E-state index contributed by atoms with van der Waals surface area (Å²) in [5.41, 5.74) is 0. The lowest BCUT2D eigenvalue weighted by Crippen LogP contribution is -1.63. The van der Waals surface area contributed by atoms with Crippen molar-refractivity contribution >= 4 is 17.4 Å². The second-order valence-electron chi connectivity index (χ2n) is 2.47. The Bertz CT molecular complexity index is 233. The molecule has 0 unspecified atom stereocenters. The van der Waals surface area contributed by atoms with Crippen LogP contribution in [0.4, 0.5) is 0 Å². The van der Waals surface area contributed by atoms with E-state index in [0.29, 0.717) is 0 Å². The van der Waals surface area contributed by atoms with E-state index in [1.165, 1.54) is 9.75 Å². The minimum absolute atomic E-state index is 1.12. The summed E-state index contributed by atoms with van der Waals surface area (Å²) in [6, 6.07) is 4.40. The molecule has 0 saturated heterocycles. The van der Waals surface area contributed by atoms with Crippen molar-refractivity contribution < 1.29 is 0 Å². The molecule has 1 rings (SSSR count). The van der Waals surface area contributed by atoms with E-state index >= 15 is 0 Å². The minimum Gasteiger partial charge on any atom is -0.141 e. The molecule has 0 aromatic carbocycles. The Morgan fingerprint density at radius 1 is 1.23 bits per heavy atom. The average molecular weight is 196 g/mol. The van der Waals surface area contributed by atoms with Gasteiger partial charge in [-0.3, -0.25) is 0 Å². The van der Waals surface area contributed by atoms with E-state index in [-0.39, 0.29) is 0 Å². The zero-order valence-electron chi connectivity index (χ0n) is 9.13. The van der Waals surface area contributed by atoms with Gasteiger partial charge in [0.2, 0.25) is 0 Å². The Morgan fingerprint density at radius 2 is 1.92 bits per heavy atom. The average Bonchev–Trinajstić information content (AvgIpc) is 2.65. The van der Waals surface area contributed by atoms with Crippen molar-refractivity contribution in [1.29, 1.82) is 0 Å². The van der Waals surface area contributed by atoms with Gasteiger partial charge in [-0.25, -0.2) is 0 Å².